The van der Waals surface area contributed by atoms with Gasteiger partial charge < -0.3 is 9.84 Å². The summed E-state index contributed by atoms with van der Waals surface area (Å²) < 4.78 is 5.48. The van der Waals surface area contributed by atoms with Gasteiger partial charge in [-0.2, -0.15) is 0 Å². The van der Waals surface area contributed by atoms with Gasteiger partial charge in [-0.15, -0.1) is 0 Å². The van der Waals surface area contributed by atoms with Crippen molar-refractivity contribution < 1.29 is 19.4 Å². The fraction of sp³-hybridized carbons (Fsp3) is 0.368. The predicted molar refractivity (Wildman–Crippen MR) is 87.8 cm³/mol. The molecule has 0 heterocycles. The predicted octanol–water partition coefficient (Wildman–Crippen LogP) is 4.28. The van der Waals surface area contributed by atoms with E-state index in [1.807, 2.05) is 0 Å². The van der Waals surface area contributed by atoms with Crippen LogP contribution in [0.3, 0.4) is 0 Å². The molecule has 0 spiro atoms. The summed E-state index contributed by atoms with van der Waals surface area (Å²) in [5, 5.41) is 10.6. The monoisotopic (exact) mass is 312 g/mol. The van der Waals surface area contributed by atoms with Crippen LogP contribution >= 0.6 is 0 Å². The Hall–Kier alpha value is -2.36. The maximum atomic E-state index is 12.5. The van der Waals surface area contributed by atoms with Crippen molar-refractivity contribution in [3.8, 4) is 0 Å². The molecule has 1 N–H and O–H groups in total. The Morgan fingerprint density at radius 2 is 1.65 bits per heavy atom. The van der Waals surface area contributed by atoms with Crippen LogP contribution in [-0.2, 0) is 4.74 Å². The highest BCUT2D eigenvalue weighted by Crippen LogP contribution is 2.26. The van der Waals surface area contributed by atoms with Gasteiger partial charge in [0, 0.05) is 5.39 Å². The van der Waals surface area contributed by atoms with Gasteiger partial charge >= 0.3 is 11.9 Å². The topological polar surface area (TPSA) is 63.6 Å². The van der Waals surface area contributed by atoms with Crippen molar-refractivity contribution in [1.82, 2.24) is 0 Å². The maximum absolute atomic E-state index is 12.5. The minimum atomic E-state index is -1.04. The van der Waals surface area contributed by atoms with Gasteiger partial charge in [-0.25, -0.2) is 9.59 Å². The van der Waals surface area contributed by atoms with Crippen LogP contribution in [-0.4, -0.2) is 23.7 Å². The maximum Gasteiger partial charge on any atom is 0.338 e. The van der Waals surface area contributed by atoms with Gasteiger partial charge in [-0.1, -0.05) is 43.5 Å². The normalized spacial score (nSPS) is 15.5. The minimum Gasteiger partial charge on any atom is -0.478 e. The van der Waals surface area contributed by atoms with Gasteiger partial charge in [0.2, 0.25) is 0 Å². The second-order valence-corrected chi connectivity index (χ2v) is 6.12. The molecule has 1 saturated carbocycles. The van der Waals surface area contributed by atoms with Crippen LogP contribution in [0.5, 0.6) is 0 Å². The number of fused-ring (bicyclic) bond motifs is 1. The van der Waals surface area contributed by atoms with Crippen LogP contribution in [0.2, 0.25) is 0 Å². The standard InChI is InChI=1S/C19H20O4/c20-18(21)15-10-4-8-14-9-5-11-16(17(14)15)19(22)23-12-13-6-2-1-3-7-13/h4-5,8-11,13H,1-3,6-7,12H2,(H,20,21). The summed E-state index contributed by atoms with van der Waals surface area (Å²) in [5.41, 5.74) is 0.462. The lowest BCUT2D eigenvalue weighted by atomic mass is 9.90. The summed E-state index contributed by atoms with van der Waals surface area (Å²) in [6, 6.07) is 10.2. The van der Waals surface area contributed by atoms with Crippen molar-refractivity contribution in [2.75, 3.05) is 6.61 Å². The Bertz CT molecular complexity index is 724. The molecule has 4 nitrogen and oxygen atoms in total. The van der Waals surface area contributed by atoms with Crippen LogP contribution in [0.1, 0.15) is 52.8 Å². The highest BCUT2D eigenvalue weighted by atomic mass is 16.5. The number of hydrogen-bond donors (Lipinski definition) is 1. The van der Waals surface area contributed by atoms with Gasteiger partial charge in [0.15, 0.2) is 0 Å². The molecule has 3 rings (SSSR count). The van der Waals surface area contributed by atoms with E-state index < -0.39 is 11.9 Å². The fourth-order valence-corrected chi connectivity index (χ4v) is 3.31. The molecule has 2 aromatic carbocycles. The van der Waals surface area contributed by atoms with Gasteiger partial charge in [-0.05, 0) is 36.3 Å². The van der Waals surface area contributed by atoms with Gasteiger partial charge in [0.1, 0.15) is 0 Å². The fourth-order valence-electron chi connectivity index (χ4n) is 3.31. The number of carbonyl (C=O) groups excluding carboxylic acids is 1. The Kier molecular flexibility index (Phi) is 4.60. The molecule has 0 amide bonds. The number of carboxylic acids is 1. The van der Waals surface area contributed by atoms with Crippen LogP contribution < -0.4 is 0 Å². The first-order valence-corrected chi connectivity index (χ1v) is 8.09. The highest BCUT2D eigenvalue weighted by Gasteiger charge is 2.20. The summed E-state index contributed by atoms with van der Waals surface area (Å²) in [6.07, 6.45) is 5.85. The summed E-state index contributed by atoms with van der Waals surface area (Å²) in [6.45, 7) is 0.421. The number of carboxylic acid groups (broad SMARTS) is 1. The van der Waals surface area contributed by atoms with E-state index in [2.05, 4.69) is 0 Å². The number of carbonyl (C=O) groups is 2. The van der Waals surface area contributed by atoms with Crippen molar-refractivity contribution in [3.63, 3.8) is 0 Å². The van der Waals surface area contributed by atoms with E-state index in [9.17, 15) is 14.7 Å². The molecule has 0 unspecified atom stereocenters. The number of hydrogen-bond acceptors (Lipinski definition) is 3. The smallest absolute Gasteiger partial charge is 0.338 e. The third-order valence-corrected chi connectivity index (χ3v) is 4.53. The number of esters is 1. The van der Waals surface area contributed by atoms with E-state index in [1.165, 1.54) is 25.3 Å². The van der Waals surface area contributed by atoms with Crippen molar-refractivity contribution >= 4 is 22.7 Å². The summed E-state index contributed by atoms with van der Waals surface area (Å²) in [4.78, 5) is 23.9. The summed E-state index contributed by atoms with van der Waals surface area (Å²) >= 11 is 0. The Balaban J connectivity index is 1.86. The first-order valence-electron chi connectivity index (χ1n) is 8.09. The molecule has 0 aliphatic heterocycles. The summed E-state index contributed by atoms with van der Waals surface area (Å²) in [7, 11) is 0. The first-order chi connectivity index (χ1) is 11.2. The number of aromatic carboxylic acids is 1. The quantitative estimate of drug-likeness (QED) is 0.856. The third kappa shape index (κ3) is 3.36. The first kappa shape index (κ1) is 15.5. The van der Waals surface area contributed by atoms with Gasteiger partial charge in [0.05, 0.1) is 17.7 Å². The SMILES string of the molecule is O=C(O)c1cccc2cccc(C(=O)OCC3CCCCC3)c12. The van der Waals surface area contributed by atoms with E-state index in [0.29, 0.717) is 23.5 Å². The average molecular weight is 312 g/mol. The van der Waals surface area contributed by atoms with E-state index >= 15 is 0 Å². The Morgan fingerprint density at radius 3 is 2.30 bits per heavy atom. The molecule has 0 aromatic heterocycles. The van der Waals surface area contributed by atoms with Crippen LogP contribution in [0.25, 0.3) is 10.8 Å². The van der Waals surface area contributed by atoms with Crippen molar-refractivity contribution in [2.24, 2.45) is 5.92 Å². The lowest BCUT2D eigenvalue weighted by Crippen LogP contribution is -2.17. The molecule has 2 aromatic rings. The minimum absolute atomic E-state index is 0.132. The largest absolute Gasteiger partial charge is 0.478 e. The molecule has 120 valence electrons. The molecule has 0 bridgehead atoms. The van der Waals surface area contributed by atoms with E-state index in [-0.39, 0.29) is 5.56 Å². The number of benzene rings is 2. The third-order valence-electron chi connectivity index (χ3n) is 4.53. The molecule has 4 heteroatoms. The zero-order valence-electron chi connectivity index (χ0n) is 13.0. The summed E-state index contributed by atoms with van der Waals surface area (Å²) in [5.74, 6) is -1.04. The molecular formula is C19H20O4. The Labute approximate surface area is 135 Å². The Morgan fingerprint density at radius 1 is 1.00 bits per heavy atom. The molecule has 0 atom stereocenters. The van der Waals surface area contributed by atoms with Crippen molar-refractivity contribution in [3.05, 3.63) is 47.5 Å². The second-order valence-electron chi connectivity index (χ2n) is 6.12. The zero-order chi connectivity index (χ0) is 16.2. The number of ether oxygens (including phenoxy) is 1. The lowest BCUT2D eigenvalue weighted by molar-refractivity contribution is 0.0412. The second kappa shape index (κ2) is 6.82. The van der Waals surface area contributed by atoms with Crippen molar-refractivity contribution in [2.45, 2.75) is 32.1 Å². The van der Waals surface area contributed by atoms with E-state index in [0.717, 1.165) is 18.2 Å². The zero-order valence-corrected chi connectivity index (χ0v) is 13.0. The van der Waals surface area contributed by atoms with Crippen molar-refractivity contribution in [1.29, 1.82) is 0 Å². The van der Waals surface area contributed by atoms with E-state index in [4.69, 9.17) is 4.74 Å². The van der Waals surface area contributed by atoms with Gasteiger partial charge in [-0.3, -0.25) is 0 Å². The highest BCUT2D eigenvalue weighted by molar-refractivity contribution is 6.12. The molecule has 0 radical (unpaired) electrons. The van der Waals surface area contributed by atoms with Crippen LogP contribution in [0.15, 0.2) is 36.4 Å². The average Bonchev–Trinajstić information content (AvgIpc) is 2.59. The molecule has 23 heavy (non-hydrogen) atoms. The van der Waals surface area contributed by atoms with Crippen LogP contribution in [0.4, 0.5) is 0 Å². The molecule has 1 aliphatic carbocycles. The van der Waals surface area contributed by atoms with Gasteiger partial charge in [0.25, 0.3) is 0 Å². The van der Waals surface area contributed by atoms with E-state index in [1.54, 1.807) is 30.3 Å². The molecule has 1 fully saturated rings. The number of rotatable bonds is 4. The molecule has 0 saturated heterocycles. The lowest BCUT2D eigenvalue weighted by Gasteiger charge is -2.21. The van der Waals surface area contributed by atoms with Crippen LogP contribution in [0, 0.1) is 5.92 Å². The molecule has 1 aliphatic rings. The molecular weight excluding hydrogens is 292 g/mol.